The maximum atomic E-state index is 5.88. The van der Waals surface area contributed by atoms with Gasteiger partial charge in [0.05, 0.1) is 0 Å². The molecule has 0 amide bonds. The zero-order valence-electron chi connectivity index (χ0n) is 16.9. The average Bonchev–Trinajstić information content (AvgIpc) is 2.53. The number of allylic oxidation sites excluding steroid dienone is 2. The zero-order chi connectivity index (χ0) is 18.0. The molecular formula is C23H45N. The molecule has 1 atom stereocenters. The number of nitrogens with two attached hydrogens (primary N) is 1. The van der Waals surface area contributed by atoms with E-state index in [4.69, 9.17) is 5.73 Å². The second-order valence-electron chi connectivity index (χ2n) is 7.76. The largest absolute Gasteiger partial charge is 0.403 e. The van der Waals surface area contributed by atoms with Crippen molar-refractivity contribution in [2.75, 3.05) is 0 Å². The minimum Gasteiger partial charge on any atom is -0.403 e. The predicted molar refractivity (Wildman–Crippen MR) is 111 cm³/mol. The van der Waals surface area contributed by atoms with Crippen LogP contribution >= 0.6 is 0 Å². The van der Waals surface area contributed by atoms with Crippen LogP contribution in [0.2, 0.25) is 0 Å². The monoisotopic (exact) mass is 335 g/mol. The van der Waals surface area contributed by atoms with Gasteiger partial charge in [0, 0.05) is 5.70 Å². The molecule has 1 nitrogen and oxygen atoms in total. The standard InChI is InChI=1S/C23H45N/c1-5-7-9-10-11-12-13-14-16-18-23(20-22(4)24)19-21(3)17-15-8-6-2/h23H,3-20,24H2,1-2H3/t23-/m0/s1. The summed E-state index contributed by atoms with van der Waals surface area (Å²) >= 11 is 0. The third kappa shape index (κ3) is 16.1. The smallest absolute Gasteiger partial charge is 0.00103 e. The molecule has 0 aromatic heterocycles. The summed E-state index contributed by atoms with van der Waals surface area (Å²) in [5.74, 6) is 0.668. The highest BCUT2D eigenvalue weighted by atomic mass is 14.6. The van der Waals surface area contributed by atoms with Gasteiger partial charge in [0.1, 0.15) is 0 Å². The summed E-state index contributed by atoms with van der Waals surface area (Å²) in [4.78, 5) is 0. The quantitative estimate of drug-likeness (QED) is 0.200. The van der Waals surface area contributed by atoms with E-state index < -0.39 is 0 Å². The van der Waals surface area contributed by atoms with Crippen LogP contribution in [0.4, 0.5) is 0 Å². The first-order valence-electron chi connectivity index (χ1n) is 10.7. The summed E-state index contributed by atoms with van der Waals surface area (Å²) in [5.41, 5.74) is 8.14. The predicted octanol–water partition coefficient (Wildman–Crippen LogP) is 7.91. The highest BCUT2D eigenvalue weighted by Crippen LogP contribution is 2.25. The van der Waals surface area contributed by atoms with E-state index in [1.165, 1.54) is 95.5 Å². The number of rotatable bonds is 18. The van der Waals surface area contributed by atoms with Gasteiger partial charge in [0.2, 0.25) is 0 Å². The van der Waals surface area contributed by atoms with Gasteiger partial charge in [0.15, 0.2) is 0 Å². The van der Waals surface area contributed by atoms with Crippen molar-refractivity contribution in [1.82, 2.24) is 0 Å². The van der Waals surface area contributed by atoms with Crippen LogP contribution in [0.15, 0.2) is 24.4 Å². The Morgan fingerprint density at radius 3 is 1.75 bits per heavy atom. The van der Waals surface area contributed by atoms with E-state index in [1.54, 1.807) is 0 Å². The molecule has 0 aromatic rings. The number of unbranched alkanes of at least 4 members (excludes halogenated alkanes) is 10. The number of hydrogen-bond acceptors (Lipinski definition) is 1. The van der Waals surface area contributed by atoms with Gasteiger partial charge in [-0.05, 0) is 38.0 Å². The molecule has 1 heteroatoms. The van der Waals surface area contributed by atoms with Crippen LogP contribution in [0.3, 0.4) is 0 Å². The Labute approximate surface area is 153 Å². The van der Waals surface area contributed by atoms with Crippen molar-refractivity contribution in [3.8, 4) is 0 Å². The third-order valence-corrected chi connectivity index (χ3v) is 4.98. The van der Waals surface area contributed by atoms with Crippen molar-refractivity contribution in [1.29, 1.82) is 0 Å². The SMILES string of the molecule is C=C(N)C[C@@H](CCCCCCCCCCC)CC(=C)CCCCC. The molecule has 0 saturated heterocycles. The first kappa shape index (κ1) is 23.3. The van der Waals surface area contributed by atoms with Crippen molar-refractivity contribution in [2.24, 2.45) is 11.7 Å². The molecule has 0 aliphatic heterocycles. The van der Waals surface area contributed by atoms with E-state index in [0.717, 1.165) is 18.5 Å². The minimum absolute atomic E-state index is 0.668. The molecule has 0 radical (unpaired) electrons. The Balaban J connectivity index is 3.78. The van der Waals surface area contributed by atoms with Gasteiger partial charge in [-0.15, -0.1) is 0 Å². The Hall–Kier alpha value is -0.720. The van der Waals surface area contributed by atoms with Gasteiger partial charge >= 0.3 is 0 Å². The van der Waals surface area contributed by atoms with Crippen LogP contribution in [-0.2, 0) is 0 Å². The van der Waals surface area contributed by atoms with Crippen molar-refractivity contribution in [3.63, 3.8) is 0 Å². The van der Waals surface area contributed by atoms with E-state index in [0.29, 0.717) is 5.92 Å². The van der Waals surface area contributed by atoms with E-state index >= 15 is 0 Å². The van der Waals surface area contributed by atoms with Crippen LogP contribution in [0.1, 0.15) is 117 Å². The molecule has 0 fully saturated rings. The van der Waals surface area contributed by atoms with Crippen LogP contribution in [-0.4, -0.2) is 0 Å². The van der Waals surface area contributed by atoms with Crippen molar-refractivity contribution >= 4 is 0 Å². The summed E-state index contributed by atoms with van der Waals surface area (Å²) in [6.45, 7) is 12.8. The van der Waals surface area contributed by atoms with Crippen LogP contribution in [0, 0.1) is 5.92 Å². The van der Waals surface area contributed by atoms with Crippen LogP contribution in [0.25, 0.3) is 0 Å². The Morgan fingerprint density at radius 1 is 0.708 bits per heavy atom. The molecule has 0 rings (SSSR count). The number of hydrogen-bond donors (Lipinski definition) is 1. The van der Waals surface area contributed by atoms with Crippen molar-refractivity contribution in [2.45, 2.75) is 117 Å². The second kappa shape index (κ2) is 17.1. The fourth-order valence-corrected chi connectivity index (χ4v) is 3.53. The lowest BCUT2D eigenvalue weighted by Gasteiger charge is -2.18. The minimum atomic E-state index is 0.668. The van der Waals surface area contributed by atoms with Crippen LogP contribution < -0.4 is 5.73 Å². The molecule has 0 heterocycles. The first-order valence-corrected chi connectivity index (χ1v) is 10.7. The van der Waals surface area contributed by atoms with Gasteiger partial charge in [0.25, 0.3) is 0 Å². The van der Waals surface area contributed by atoms with Crippen molar-refractivity contribution in [3.05, 3.63) is 24.4 Å². The average molecular weight is 336 g/mol. The molecule has 0 unspecified atom stereocenters. The van der Waals surface area contributed by atoms with Crippen molar-refractivity contribution < 1.29 is 0 Å². The summed E-state index contributed by atoms with van der Waals surface area (Å²) in [5, 5.41) is 0. The molecular weight excluding hydrogens is 290 g/mol. The molecule has 0 aromatic carbocycles. The molecule has 0 aliphatic rings. The van der Waals surface area contributed by atoms with E-state index in [9.17, 15) is 0 Å². The van der Waals surface area contributed by atoms with Gasteiger partial charge < -0.3 is 5.73 Å². The normalized spacial score (nSPS) is 12.2. The summed E-state index contributed by atoms with van der Waals surface area (Å²) in [7, 11) is 0. The molecule has 0 aliphatic carbocycles. The van der Waals surface area contributed by atoms with E-state index in [1.807, 2.05) is 0 Å². The Morgan fingerprint density at radius 2 is 1.21 bits per heavy atom. The fourth-order valence-electron chi connectivity index (χ4n) is 3.53. The lowest BCUT2D eigenvalue weighted by Crippen LogP contribution is -2.08. The summed E-state index contributed by atoms with van der Waals surface area (Å²) in [6.07, 6.45) is 21.1. The summed E-state index contributed by atoms with van der Waals surface area (Å²) < 4.78 is 0. The Bertz CT molecular complexity index is 305. The maximum absolute atomic E-state index is 5.88. The molecule has 2 N–H and O–H groups in total. The van der Waals surface area contributed by atoms with Gasteiger partial charge in [-0.2, -0.15) is 0 Å². The molecule has 0 saturated carbocycles. The third-order valence-electron chi connectivity index (χ3n) is 4.98. The Kier molecular flexibility index (Phi) is 16.6. The molecule has 0 bridgehead atoms. The van der Waals surface area contributed by atoms with Gasteiger partial charge in [-0.25, -0.2) is 0 Å². The van der Waals surface area contributed by atoms with Gasteiger partial charge in [-0.3, -0.25) is 0 Å². The van der Waals surface area contributed by atoms with E-state index in [-0.39, 0.29) is 0 Å². The highest BCUT2D eigenvalue weighted by molar-refractivity contribution is 4.99. The lowest BCUT2D eigenvalue weighted by atomic mass is 9.88. The summed E-state index contributed by atoms with van der Waals surface area (Å²) in [6, 6.07) is 0. The molecule has 24 heavy (non-hydrogen) atoms. The second-order valence-corrected chi connectivity index (χ2v) is 7.76. The van der Waals surface area contributed by atoms with Gasteiger partial charge in [-0.1, -0.05) is 103 Å². The highest BCUT2D eigenvalue weighted by Gasteiger charge is 2.11. The lowest BCUT2D eigenvalue weighted by molar-refractivity contribution is 0.436. The van der Waals surface area contributed by atoms with E-state index in [2.05, 4.69) is 27.0 Å². The fraction of sp³-hybridized carbons (Fsp3) is 0.826. The van der Waals surface area contributed by atoms with Crippen LogP contribution in [0.5, 0.6) is 0 Å². The molecule has 142 valence electrons. The topological polar surface area (TPSA) is 26.0 Å². The zero-order valence-corrected chi connectivity index (χ0v) is 16.9. The maximum Gasteiger partial charge on any atom is 0.00103 e. The molecule has 0 spiro atoms. The first-order chi connectivity index (χ1) is 11.6.